The van der Waals surface area contributed by atoms with Gasteiger partial charge in [-0.3, -0.25) is 0 Å². The predicted molar refractivity (Wildman–Crippen MR) is 54.8 cm³/mol. The SMILES string of the molecule is CC(S)C1COc2ccccc2O1. The fourth-order valence-corrected chi connectivity index (χ4v) is 1.42. The molecule has 0 saturated carbocycles. The number of hydrogen-bond acceptors (Lipinski definition) is 3. The molecule has 0 N–H and O–H groups in total. The minimum atomic E-state index is 0.0539. The summed E-state index contributed by atoms with van der Waals surface area (Å²) in [5.41, 5.74) is 0. The van der Waals surface area contributed by atoms with Gasteiger partial charge >= 0.3 is 0 Å². The van der Waals surface area contributed by atoms with Crippen LogP contribution < -0.4 is 9.47 Å². The lowest BCUT2D eigenvalue weighted by atomic mass is 10.2. The van der Waals surface area contributed by atoms with Crippen LogP contribution in [-0.4, -0.2) is 18.0 Å². The Balaban J connectivity index is 2.20. The monoisotopic (exact) mass is 196 g/mol. The van der Waals surface area contributed by atoms with Crippen molar-refractivity contribution in [2.24, 2.45) is 0 Å². The predicted octanol–water partition coefficient (Wildman–Crippen LogP) is 2.14. The first-order chi connectivity index (χ1) is 6.27. The molecule has 2 rings (SSSR count). The number of ether oxygens (including phenoxy) is 2. The first kappa shape index (κ1) is 8.75. The summed E-state index contributed by atoms with van der Waals surface area (Å²) in [7, 11) is 0. The van der Waals surface area contributed by atoms with E-state index in [1.54, 1.807) is 0 Å². The molecule has 1 aromatic rings. The van der Waals surface area contributed by atoms with Gasteiger partial charge in [0.25, 0.3) is 0 Å². The minimum Gasteiger partial charge on any atom is -0.486 e. The van der Waals surface area contributed by atoms with Gasteiger partial charge < -0.3 is 9.47 Å². The lowest BCUT2D eigenvalue weighted by molar-refractivity contribution is 0.0926. The van der Waals surface area contributed by atoms with E-state index < -0.39 is 0 Å². The van der Waals surface area contributed by atoms with Crippen molar-refractivity contribution >= 4 is 12.6 Å². The number of fused-ring (bicyclic) bond motifs is 1. The lowest BCUT2D eigenvalue weighted by Crippen LogP contribution is -2.35. The van der Waals surface area contributed by atoms with Crippen LogP contribution in [0.25, 0.3) is 0 Å². The third kappa shape index (κ3) is 1.75. The van der Waals surface area contributed by atoms with E-state index in [0.29, 0.717) is 6.61 Å². The maximum absolute atomic E-state index is 5.69. The van der Waals surface area contributed by atoms with Gasteiger partial charge in [-0.1, -0.05) is 12.1 Å². The molecule has 0 spiro atoms. The summed E-state index contributed by atoms with van der Waals surface area (Å²) in [5.74, 6) is 1.65. The van der Waals surface area contributed by atoms with Crippen LogP contribution in [0.5, 0.6) is 11.5 Å². The van der Waals surface area contributed by atoms with Crippen molar-refractivity contribution in [3.63, 3.8) is 0 Å². The molecule has 0 amide bonds. The Morgan fingerprint density at radius 2 is 2.08 bits per heavy atom. The van der Waals surface area contributed by atoms with Crippen molar-refractivity contribution < 1.29 is 9.47 Å². The number of thiol groups is 1. The number of para-hydroxylation sites is 2. The second kappa shape index (κ2) is 3.50. The fourth-order valence-electron chi connectivity index (χ4n) is 1.27. The molecule has 13 heavy (non-hydrogen) atoms. The molecule has 0 aromatic heterocycles. The van der Waals surface area contributed by atoms with E-state index in [1.165, 1.54) is 0 Å². The summed E-state index contributed by atoms with van der Waals surface area (Å²) in [4.78, 5) is 0. The molecule has 70 valence electrons. The second-order valence-corrected chi connectivity index (χ2v) is 3.97. The highest BCUT2D eigenvalue weighted by Crippen LogP contribution is 2.32. The Labute approximate surface area is 83.3 Å². The number of benzene rings is 1. The Morgan fingerprint density at radius 1 is 1.38 bits per heavy atom. The van der Waals surface area contributed by atoms with E-state index in [-0.39, 0.29) is 11.4 Å². The largest absolute Gasteiger partial charge is 0.486 e. The van der Waals surface area contributed by atoms with Gasteiger partial charge in [0.2, 0.25) is 0 Å². The third-order valence-electron chi connectivity index (χ3n) is 2.07. The van der Waals surface area contributed by atoms with Crippen molar-refractivity contribution in [2.45, 2.75) is 18.3 Å². The minimum absolute atomic E-state index is 0.0539. The maximum Gasteiger partial charge on any atom is 0.161 e. The molecule has 1 heterocycles. The molecule has 0 saturated heterocycles. The molecule has 0 bridgehead atoms. The van der Waals surface area contributed by atoms with E-state index in [0.717, 1.165) is 11.5 Å². The Morgan fingerprint density at radius 3 is 2.77 bits per heavy atom. The lowest BCUT2D eigenvalue weighted by Gasteiger charge is -2.28. The van der Waals surface area contributed by atoms with Crippen molar-refractivity contribution in [2.75, 3.05) is 6.61 Å². The van der Waals surface area contributed by atoms with Crippen LogP contribution in [0.4, 0.5) is 0 Å². The average molecular weight is 196 g/mol. The fraction of sp³-hybridized carbons (Fsp3) is 0.400. The van der Waals surface area contributed by atoms with Gasteiger partial charge in [-0.05, 0) is 19.1 Å². The zero-order chi connectivity index (χ0) is 9.26. The van der Waals surface area contributed by atoms with Crippen LogP contribution in [0, 0.1) is 0 Å². The molecule has 1 aliphatic rings. The molecule has 2 unspecified atom stereocenters. The van der Waals surface area contributed by atoms with Gasteiger partial charge in [-0.15, -0.1) is 0 Å². The molecule has 2 nitrogen and oxygen atoms in total. The van der Waals surface area contributed by atoms with E-state index in [2.05, 4.69) is 12.6 Å². The zero-order valence-electron chi connectivity index (χ0n) is 7.43. The van der Waals surface area contributed by atoms with E-state index in [9.17, 15) is 0 Å². The first-order valence-electron chi connectivity index (χ1n) is 4.34. The Hall–Kier alpha value is -0.830. The van der Waals surface area contributed by atoms with Gasteiger partial charge in [0.15, 0.2) is 11.5 Å². The van der Waals surface area contributed by atoms with E-state index >= 15 is 0 Å². The van der Waals surface area contributed by atoms with Gasteiger partial charge in [0.1, 0.15) is 12.7 Å². The Bertz CT molecular complexity index is 299. The van der Waals surface area contributed by atoms with Crippen LogP contribution in [0.2, 0.25) is 0 Å². The van der Waals surface area contributed by atoms with Crippen LogP contribution >= 0.6 is 12.6 Å². The summed E-state index contributed by atoms with van der Waals surface area (Å²) in [6.07, 6.45) is 0.0539. The van der Waals surface area contributed by atoms with Crippen LogP contribution in [-0.2, 0) is 0 Å². The van der Waals surface area contributed by atoms with Gasteiger partial charge in [0.05, 0.1) is 0 Å². The molecule has 1 aromatic carbocycles. The Kier molecular flexibility index (Phi) is 2.36. The smallest absolute Gasteiger partial charge is 0.161 e. The highest BCUT2D eigenvalue weighted by atomic mass is 32.1. The zero-order valence-corrected chi connectivity index (χ0v) is 8.33. The van der Waals surface area contributed by atoms with Crippen LogP contribution in [0.15, 0.2) is 24.3 Å². The van der Waals surface area contributed by atoms with Crippen molar-refractivity contribution in [1.82, 2.24) is 0 Å². The normalized spacial score (nSPS) is 22.5. The first-order valence-corrected chi connectivity index (χ1v) is 4.85. The highest BCUT2D eigenvalue weighted by Gasteiger charge is 2.23. The quantitative estimate of drug-likeness (QED) is 0.694. The number of rotatable bonds is 1. The maximum atomic E-state index is 5.69. The van der Waals surface area contributed by atoms with Crippen LogP contribution in [0.1, 0.15) is 6.92 Å². The van der Waals surface area contributed by atoms with Crippen molar-refractivity contribution in [3.8, 4) is 11.5 Å². The molecule has 0 fully saturated rings. The second-order valence-electron chi connectivity index (χ2n) is 3.15. The average Bonchev–Trinajstić information content (AvgIpc) is 2.17. The topological polar surface area (TPSA) is 18.5 Å². The molecular weight excluding hydrogens is 184 g/mol. The summed E-state index contributed by atoms with van der Waals surface area (Å²) < 4.78 is 11.2. The third-order valence-corrected chi connectivity index (χ3v) is 2.40. The van der Waals surface area contributed by atoms with Gasteiger partial charge in [0, 0.05) is 5.25 Å². The number of hydrogen-bond donors (Lipinski definition) is 1. The van der Waals surface area contributed by atoms with E-state index in [4.69, 9.17) is 9.47 Å². The van der Waals surface area contributed by atoms with Crippen molar-refractivity contribution in [3.05, 3.63) is 24.3 Å². The van der Waals surface area contributed by atoms with Gasteiger partial charge in [-0.25, -0.2) is 0 Å². The van der Waals surface area contributed by atoms with Crippen LogP contribution in [0.3, 0.4) is 0 Å². The highest BCUT2D eigenvalue weighted by molar-refractivity contribution is 7.81. The summed E-state index contributed by atoms with van der Waals surface area (Å²) in [6, 6.07) is 7.70. The van der Waals surface area contributed by atoms with E-state index in [1.807, 2.05) is 31.2 Å². The summed E-state index contributed by atoms with van der Waals surface area (Å²) in [5, 5.41) is 0.188. The van der Waals surface area contributed by atoms with Crippen molar-refractivity contribution in [1.29, 1.82) is 0 Å². The van der Waals surface area contributed by atoms with Gasteiger partial charge in [-0.2, -0.15) is 12.6 Å². The molecular formula is C10H12O2S. The standard InChI is InChI=1S/C10H12O2S/c1-7(13)10-6-11-8-4-2-3-5-9(8)12-10/h2-5,7,10,13H,6H2,1H3. The summed E-state index contributed by atoms with van der Waals surface area (Å²) >= 11 is 4.33. The molecule has 0 aliphatic carbocycles. The molecule has 3 heteroatoms. The molecule has 2 atom stereocenters. The molecule has 0 radical (unpaired) electrons. The molecule has 1 aliphatic heterocycles. The summed E-state index contributed by atoms with van der Waals surface area (Å²) in [6.45, 7) is 2.59.